The highest BCUT2D eigenvalue weighted by Gasteiger charge is 2.19. The summed E-state index contributed by atoms with van der Waals surface area (Å²) < 4.78 is 0.612. The summed E-state index contributed by atoms with van der Waals surface area (Å²) in [6, 6.07) is 12.1. The van der Waals surface area contributed by atoms with E-state index in [0.29, 0.717) is 15.1 Å². The van der Waals surface area contributed by atoms with Crippen molar-refractivity contribution in [2.75, 3.05) is 0 Å². The Labute approximate surface area is 133 Å². The van der Waals surface area contributed by atoms with Crippen LogP contribution in [0.25, 0.3) is 31.0 Å². The van der Waals surface area contributed by atoms with Crippen LogP contribution in [0, 0.1) is 10.1 Å². The smallest absolute Gasteiger partial charge is 0.258 e. The van der Waals surface area contributed by atoms with Gasteiger partial charge in [-0.3, -0.25) is 10.1 Å². The van der Waals surface area contributed by atoms with Crippen LogP contribution in [0.4, 0.5) is 11.4 Å². The monoisotopic (exact) mass is 330 g/mol. The molecule has 1 aromatic heterocycles. The Balaban J connectivity index is 2.36. The van der Waals surface area contributed by atoms with E-state index in [1.54, 1.807) is 0 Å². The minimum absolute atomic E-state index is 0.132. The third-order valence-corrected chi connectivity index (χ3v) is 4.77. The summed E-state index contributed by atoms with van der Waals surface area (Å²) in [6.45, 7) is 0. The Morgan fingerprint density at radius 1 is 1.27 bits per heavy atom. The average molecular weight is 331 g/mol. The SMILES string of the molecule is [N-]=[N+]=Nc1cc([N+](=O)[O-])cc2sc(-c3ccccc3)c(Cl)c12. The molecule has 3 rings (SSSR count). The summed E-state index contributed by atoms with van der Waals surface area (Å²) in [4.78, 5) is 14.0. The average Bonchev–Trinajstić information content (AvgIpc) is 2.85. The fourth-order valence-electron chi connectivity index (χ4n) is 2.16. The Kier molecular flexibility index (Phi) is 3.68. The van der Waals surface area contributed by atoms with E-state index in [0.717, 1.165) is 10.4 Å². The molecule has 22 heavy (non-hydrogen) atoms. The molecule has 0 atom stereocenters. The molecule has 0 spiro atoms. The molecule has 0 radical (unpaired) electrons. The molecule has 0 aliphatic carbocycles. The highest BCUT2D eigenvalue weighted by molar-refractivity contribution is 7.23. The lowest BCUT2D eigenvalue weighted by Crippen LogP contribution is -1.86. The number of rotatable bonds is 3. The number of hydrogen-bond donors (Lipinski definition) is 0. The van der Waals surface area contributed by atoms with Gasteiger partial charge >= 0.3 is 0 Å². The maximum atomic E-state index is 11.0. The molecule has 0 unspecified atom stereocenters. The van der Waals surface area contributed by atoms with E-state index in [1.807, 2.05) is 30.3 Å². The van der Waals surface area contributed by atoms with Crippen molar-refractivity contribution in [2.45, 2.75) is 0 Å². The number of azide groups is 1. The fraction of sp³-hybridized carbons (Fsp3) is 0. The highest BCUT2D eigenvalue weighted by Crippen LogP contribution is 2.47. The first-order valence-corrected chi connectivity index (χ1v) is 7.32. The van der Waals surface area contributed by atoms with E-state index in [2.05, 4.69) is 10.0 Å². The largest absolute Gasteiger partial charge is 0.271 e. The molecule has 0 saturated carbocycles. The first-order chi connectivity index (χ1) is 10.6. The van der Waals surface area contributed by atoms with Gasteiger partial charge in [-0.1, -0.05) is 47.0 Å². The van der Waals surface area contributed by atoms with Crippen LogP contribution in [0.1, 0.15) is 0 Å². The molecule has 0 aliphatic rings. The molecular formula is C14H7ClN4O2S. The van der Waals surface area contributed by atoms with Gasteiger partial charge in [-0.15, -0.1) is 11.3 Å². The molecule has 3 aromatic rings. The Hall–Kier alpha value is -2.60. The molecule has 0 saturated heterocycles. The molecule has 0 N–H and O–H groups in total. The van der Waals surface area contributed by atoms with Gasteiger partial charge in [0.25, 0.3) is 5.69 Å². The van der Waals surface area contributed by atoms with Crippen molar-refractivity contribution in [2.24, 2.45) is 5.11 Å². The van der Waals surface area contributed by atoms with Crippen molar-refractivity contribution in [3.05, 3.63) is 68.0 Å². The van der Waals surface area contributed by atoms with Gasteiger partial charge in [0.05, 0.1) is 20.5 Å². The summed E-state index contributed by atoms with van der Waals surface area (Å²) >= 11 is 7.75. The van der Waals surface area contributed by atoms with Crippen molar-refractivity contribution in [1.29, 1.82) is 0 Å². The van der Waals surface area contributed by atoms with Gasteiger partial charge in [0.1, 0.15) is 0 Å². The molecule has 1 heterocycles. The molecule has 0 fully saturated rings. The number of nitrogens with zero attached hydrogens (tertiary/aromatic N) is 4. The number of benzene rings is 2. The quantitative estimate of drug-likeness (QED) is 0.191. The van der Waals surface area contributed by atoms with E-state index in [1.165, 1.54) is 23.5 Å². The maximum Gasteiger partial charge on any atom is 0.271 e. The highest BCUT2D eigenvalue weighted by atomic mass is 35.5. The summed E-state index contributed by atoms with van der Waals surface area (Å²) in [6.07, 6.45) is 0. The van der Waals surface area contributed by atoms with Gasteiger partial charge in [-0.25, -0.2) is 0 Å². The van der Waals surface area contributed by atoms with Crippen molar-refractivity contribution in [1.82, 2.24) is 0 Å². The van der Waals surface area contributed by atoms with E-state index >= 15 is 0 Å². The zero-order valence-electron chi connectivity index (χ0n) is 10.9. The van der Waals surface area contributed by atoms with Gasteiger partial charge in [0.15, 0.2) is 0 Å². The van der Waals surface area contributed by atoms with Crippen LogP contribution in [-0.2, 0) is 0 Å². The first-order valence-electron chi connectivity index (χ1n) is 6.12. The van der Waals surface area contributed by atoms with Crippen LogP contribution in [0.5, 0.6) is 0 Å². The Bertz CT molecular complexity index is 933. The number of non-ortho nitro benzene ring substituents is 1. The zero-order chi connectivity index (χ0) is 15.7. The third-order valence-electron chi connectivity index (χ3n) is 3.10. The number of hydrogen-bond acceptors (Lipinski definition) is 4. The van der Waals surface area contributed by atoms with Crippen molar-refractivity contribution in [3.8, 4) is 10.4 Å². The van der Waals surface area contributed by atoms with Crippen molar-refractivity contribution < 1.29 is 4.92 Å². The summed E-state index contributed by atoms with van der Waals surface area (Å²) in [5.41, 5.74) is 9.61. The van der Waals surface area contributed by atoms with Gasteiger partial charge in [0, 0.05) is 27.1 Å². The predicted molar refractivity (Wildman–Crippen MR) is 87.7 cm³/mol. The molecule has 6 nitrogen and oxygen atoms in total. The van der Waals surface area contributed by atoms with Crippen LogP contribution in [0.15, 0.2) is 47.6 Å². The van der Waals surface area contributed by atoms with Crippen LogP contribution >= 0.6 is 22.9 Å². The van der Waals surface area contributed by atoms with Crippen molar-refractivity contribution in [3.63, 3.8) is 0 Å². The standard InChI is InChI=1S/C14H7ClN4O2S/c15-13-12-10(17-18-16)6-9(19(20)21)7-11(12)22-14(13)8-4-2-1-3-5-8/h1-7H. The van der Waals surface area contributed by atoms with E-state index in [4.69, 9.17) is 17.1 Å². The topological polar surface area (TPSA) is 91.9 Å². The molecule has 0 bridgehead atoms. The van der Waals surface area contributed by atoms with E-state index in [9.17, 15) is 10.1 Å². The first kappa shape index (κ1) is 14.3. The molecule has 0 amide bonds. The van der Waals surface area contributed by atoms with Gasteiger partial charge in [-0.2, -0.15) is 0 Å². The second kappa shape index (κ2) is 5.65. The lowest BCUT2D eigenvalue weighted by atomic mass is 10.1. The minimum atomic E-state index is -0.522. The predicted octanol–water partition coefficient (Wildman–Crippen LogP) is 6.07. The summed E-state index contributed by atoms with van der Waals surface area (Å²) in [7, 11) is 0. The number of fused-ring (bicyclic) bond motifs is 1. The molecule has 108 valence electrons. The molecule has 8 heteroatoms. The van der Waals surface area contributed by atoms with Gasteiger partial charge < -0.3 is 0 Å². The van der Waals surface area contributed by atoms with Crippen LogP contribution in [0.3, 0.4) is 0 Å². The fourth-order valence-corrected chi connectivity index (χ4v) is 3.80. The van der Waals surface area contributed by atoms with Crippen LogP contribution < -0.4 is 0 Å². The second-order valence-electron chi connectivity index (χ2n) is 4.40. The summed E-state index contributed by atoms with van der Waals surface area (Å²) in [5.74, 6) is 0. The van der Waals surface area contributed by atoms with E-state index < -0.39 is 4.92 Å². The van der Waals surface area contributed by atoms with E-state index in [-0.39, 0.29) is 11.4 Å². The molecule has 0 aliphatic heterocycles. The summed E-state index contributed by atoms with van der Waals surface area (Å²) in [5, 5.41) is 15.5. The molecule has 2 aromatic carbocycles. The van der Waals surface area contributed by atoms with Crippen LogP contribution in [-0.4, -0.2) is 4.92 Å². The van der Waals surface area contributed by atoms with Gasteiger partial charge in [0.2, 0.25) is 0 Å². The lowest BCUT2D eigenvalue weighted by Gasteiger charge is -1.99. The third kappa shape index (κ3) is 2.37. The Morgan fingerprint density at radius 2 is 2.00 bits per heavy atom. The van der Waals surface area contributed by atoms with Gasteiger partial charge in [-0.05, 0) is 11.1 Å². The number of halogens is 1. The lowest BCUT2D eigenvalue weighted by molar-refractivity contribution is -0.384. The van der Waals surface area contributed by atoms with Crippen molar-refractivity contribution >= 4 is 44.4 Å². The second-order valence-corrected chi connectivity index (χ2v) is 5.83. The number of nitro groups is 1. The number of nitro benzene ring substituents is 1. The number of thiophene rings is 1. The minimum Gasteiger partial charge on any atom is -0.258 e. The Morgan fingerprint density at radius 3 is 2.64 bits per heavy atom. The zero-order valence-corrected chi connectivity index (χ0v) is 12.5. The normalized spacial score (nSPS) is 10.4. The maximum absolute atomic E-state index is 11.0. The molecular weight excluding hydrogens is 324 g/mol. The van der Waals surface area contributed by atoms with Crippen LogP contribution in [0.2, 0.25) is 5.02 Å².